The fourth-order valence-corrected chi connectivity index (χ4v) is 4.48. The Bertz CT molecular complexity index is 1070. The summed E-state index contributed by atoms with van der Waals surface area (Å²) in [6, 6.07) is 10.4. The van der Waals surface area contributed by atoms with Crippen LogP contribution in [0.3, 0.4) is 0 Å². The molecule has 206 valence electrons. The number of hydrogen-bond acceptors (Lipinski definition) is 9. The molecule has 5 N–H and O–H groups in total. The maximum absolute atomic E-state index is 12.3. The number of amides is 1. The number of likely N-dealkylation sites (N-methyl/N-ethyl adjacent to an activating group) is 1. The Kier molecular flexibility index (Phi) is 11.7. The van der Waals surface area contributed by atoms with Gasteiger partial charge in [0.25, 0.3) is 5.91 Å². The van der Waals surface area contributed by atoms with E-state index in [1.165, 1.54) is 5.56 Å². The van der Waals surface area contributed by atoms with Gasteiger partial charge in [0.05, 0.1) is 6.61 Å². The molecule has 0 saturated carbocycles. The molecule has 4 rings (SSSR count). The van der Waals surface area contributed by atoms with Crippen molar-refractivity contribution in [2.45, 2.75) is 25.3 Å². The van der Waals surface area contributed by atoms with Crippen LogP contribution >= 0.6 is 0 Å². The normalized spacial score (nSPS) is 15.9. The number of hydrogen-bond donors (Lipinski definition) is 4. The van der Waals surface area contributed by atoms with Gasteiger partial charge in [-0.05, 0) is 56.4 Å². The predicted octanol–water partition coefficient (Wildman–Crippen LogP) is 0.963. The second kappa shape index (κ2) is 15.2. The highest BCUT2D eigenvalue weighted by Crippen LogP contribution is 2.25. The van der Waals surface area contributed by atoms with Gasteiger partial charge in [-0.3, -0.25) is 10.2 Å². The summed E-state index contributed by atoms with van der Waals surface area (Å²) in [6.45, 7) is 6.77. The summed E-state index contributed by atoms with van der Waals surface area (Å²) in [5.74, 6) is 0.829. The van der Waals surface area contributed by atoms with Gasteiger partial charge < -0.3 is 35.2 Å². The summed E-state index contributed by atoms with van der Waals surface area (Å²) in [4.78, 5) is 38.4. The van der Waals surface area contributed by atoms with Gasteiger partial charge in [0.15, 0.2) is 0 Å². The summed E-state index contributed by atoms with van der Waals surface area (Å²) < 4.78 is 5.34. The maximum atomic E-state index is 12.3. The Hall–Kier alpha value is -3.31. The monoisotopic (exact) mass is 524 g/mol. The number of nitrogens with two attached hydrogens (primary N) is 1. The van der Waals surface area contributed by atoms with E-state index in [1.54, 1.807) is 25.2 Å². The van der Waals surface area contributed by atoms with E-state index >= 15 is 0 Å². The molecule has 0 spiro atoms. The average molecular weight is 525 g/mol. The van der Waals surface area contributed by atoms with E-state index in [2.05, 4.69) is 39.1 Å². The van der Waals surface area contributed by atoms with E-state index in [0.717, 1.165) is 76.1 Å². The number of fused-ring (bicyclic) bond motifs is 1. The minimum atomic E-state index is -0.555. The zero-order valence-electron chi connectivity index (χ0n) is 22.4. The number of anilines is 1. The molecule has 2 aromatic carbocycles. The van der Waals surface area contributed by atoms with E-state index in [9.17, 15) is 14.4 Å². The Morgan fingerprint density at radius 2 is 1.92 bits per heavy atom. The van der Waals surface area contributed by atoms with Gasteiger partial charge in [0.1, 0.15) is 24.4 Å². The number of rotatable bonds is 11. The molecule has 2 aliphatic rings. The second-order valence-corrected chi connectivity index (χ2v) is 9.52. The van der Waals surface area contributed by atoms with Gasteiger partial charge in [0, 0.05) is 62.4 Å². The van der Waals surface area contributed by atoms with Crippen LogP contribution in [0.1, 0.15) is 39.5 Å². The minimum Gasteiger partial charge on any atom is -0.493 e. The van der Waals surface area contributed by atoms with Crippen molar-refractivity contribution in [3.05, 3.63) is 58.7 Å². The van der Waals surface area contributed by atoms with Crippen LogP contribution in [0.2, 0.25) is 0 Å². The molecule has 0 aliphatic carbocycles. The van der Waals surface area contributed by atoms with Crippen molar-refractivity contribution in [3.8, 4) is 5.75 Å². The number of nitrogens with zero attached hydrogens (tertiary/aromatic N) is 2. The molecule has 2 aromatic rings. The van der Waals surface area contributed by atoms with Crippen molar-refractivity contribution < 1.29 is 19.1 Å². The van der Waals surface area contributed by atoms with Gasteiger partial charge in [0.2, 0.25) is 0 Å². The van der Waals surface area contributed by atoms with Crippen LogP contribution in [0.4, 0.5) is 5.69 Å². The number of piperazine rings is 1. The van der Waals surface area contributed by atoms with E-state index in [4.69, 9.17) is 10.5 Å². The van der Waals surface area contributed by atoms with Crippen LogP contribution in [0.15, 0.2) is 36.4 Å². The number of aldehydes is 2. The number of nitrogens with one attached hydrogen (secondary N) is 3. The molecule has 1 unspecified atom stereocenters. The van der Waals surface area contributed by atoms with Crippen molar-refractivity contribution in [1.82, 2.24) is 26.0 Å². The molecular weight excluding hydrogens is 484 g/mol. The Morgan fingerprint density at radius 1 is 1.13 bits per heavy atom. The highest BCUT2D eigenvalue weighted by atomic mass is 16.5. The SMILES string of the molecule is CNNC(C=O)c1ccc(C(=O)NCCCN2CCN(C)CC2)cc1N.O=CCc1ccc2c(c1)CCO2. The third kappa shape index (κ3) is 8.63. The highest BCUT2D eigenvalue weighted by Gasteiger charge is 2.16. The summed E-state index contributed by atoms with van der Waals surface area (Å²) in [5, 5.41) is 2.93. The van der Waals surface area contributed by atoms with E-state index in [0.29, 0.717) is 29.8 Å². The first-order chi connectivity index (χ1) is 18.4. The number of carbonyl (C=O) groups is 3. The molecule has 10 nitrogen and oxygen atoms in total. The molecule has 10 heteroatoms. The van der Waals surface area contributed by atoms with Gasteiger partial charge in [-0.25, -0.2) is 5.43 Å². The zero-order chi connectivity index (χ0) is 27.3. The fourth-order valence-electron chi connectivity index (χ4n) is 4.48. The summed E-state index contributed by atoms with van der Waals surface area (Å²) in [5.41, 5.74) is 15.4. The van der Waals surface area contributed by atoms with E-state index in [1.807, 2.05) is 12.1 Å². The average Bonchev–Trinajstić information content (AvgIpc) is 3.39. The molecule has 38 heavy (non-hydrogen) atoms. The number of carbonyl (C=O) groups excluding carboxylic acids is 3. The minimum absolute atomic E-state index is 0.147. The second-order valence-electron chi connectivity index (χ2n) is 9.52. The standard InChI is InChI=1S/C18H30N6O2.C10H10O2/c1-20-22-17(13-25)15-5-4-14(12-16(15)19)18(26)21-6-3-7-24-10-8-23(2)9-11-24;11-5-3-8-1-2-10-9(7-8)4-6-12-10/h4-5,12-13,17,20,22H,3,6-11,19H2,1-2H3,(H,21,26);1-2,5,7H,3-4,6H2. The van der Waals surface area contributed by atoms with Gasteiger partial charge in [-0.15, -0.1) is 0 Å². The molecule has 1 saturated heterocycles. The third-order valence-electron chi connectivity index (χ3n) is 6.73. The van der Waals surface area contributed by atoms with Crippen LogP contribution in [-0.4, -0.2) is 88.3 Å². The molecule has 1 amide bonds. The number of ether oxygens (including phenoxy) is 1. The van der Waals surface area contributed by atoms with Gasteiger partial charge >= 0.3 is 0 Å². The molecule has 0 bridgehead atoms. The molecule has 1 atom stereocenters. The molecular formula is C28H40N6O4. The van der Waals surface area contributed by atoms with Crippen LogP contribution in [0, 0.1) is 0 Å². The molecule has 0 aromatic heterocycles. The summed E-state index contributed by atoms with van der Waals surface area (Å²) in [6.07, 6.45) is 4.09. The first-order valence-corrected chi connectivity index (χ1v) is 13.1. The lowest BCUT2D eigenvalue weighted by molar-refractivity contribution is -0.110. The van der Waals surface area contributed by atoms with Crippen molar-refractivity contribution in [3.63, 3.8) is 0 Å². The van der Waals surface area contributed by atoms with E-state index in [-0.39, 0.29) is 5.91 Å². The largest absolute Gasteiger partial charge is 0.493 e. The van der Waals surface area contributed by atoms with E-state index < -0.39 is 6.04 Å². The van der Waals surface area contributed by atoms with Crippen LogP contribution < -0.4 is 26.6 Å². The summed E-state index contributed by atoms with van der Waals surface area (Å²) >= 11 is 0. The summed E-state index contributed by atoms with van der Waals surface area (Å²) in [7, 11) is 3.82. The topological polar surface area (TPSA) is 129 Å². The predicted molar refractivity (Wildman–Crippen MR) is 148 cm³/mol. The van der Waals surface area contributed by atoms with Crippen molar-refractivity contribution >= 4 is 24.2 Å². The first-order valence-electron chi connectivity index (χ1n) is 13.1. The number of benzene rings is 2. The zero-order valence-corrected chi connectivity index (χ0v) is 22.4. The van der Waals surface area contributed by atoms with Crippen LogP contribution in [-0.2, 0) is 22.4 Å². The third-order valence-corrected chi connectivity index (χ3v) is 6.73. The molecule has 2 heterocycles. The van der Waals surface area contributed by atoms with Gasteiger partial charge in [-0.2, -0.15) is 0 Å². The van der Waals surface area contributed by atoms with Crippen molar-refractivity contribution in [2.24, 2.45) is 0 Å². The molecule has 2 aliphatic heterocycles. The Labute approximate surface area is 224 Å². The van der Waals surface area contributed by atoms with Gasteiger partial charge in [-0.1, -0.05) is 18.2 Å². The Balaban J connectivity index is 0.000000275. The Morgan fingerprint density at radius 3 is 2.61 bits per heavy atom. The smallest absolute Gasteiger partial charge is 0.251 e. The first kappa shape index (κ1) is 29.2. The van der Waals surface area contributed by atoms with Crippen LogP contribution in [0.25, 0.3) is 0 Å². The van der Waals surface area contributed by atoms with Crippen molar-refractivity contribution in [1.29, 1.82) is 0 Å². The number of nitrogen functional groups attached to an aromatic ring is 1. The lowest BCUT2D eigenvalue weighted by Gasteiger charge is -2.32. The number of hydrazine groups is 1. The molecule has 0 radical (unpaired) electrons. The lowest BCUT2D eigenvalue weighted by atomic mass is 10.0. The molecule has 1 fully saturated rings. The van der Waals surface area contributed by atoms with Crippen LogP contribution in [0.5, 0.6) is 5.75 Å². The quantitative estimate of drug-likeness (QED) is 0.147. The lowest BCUT2D eigenvalue weighted by Crippen LogP contribution is -2.45. The fraction of sp³-hybridized carbons (Fsp3) is 0.464. The maximum Gasteiger partial charge on any atom is 0.251 e. The highest BCUT2D eigenvalue weighted by molar-refractivity contribution is 5.95. The van der Waals surface area contributed by atoms with Crippen molar-refractivity contribution in [2.75, 3.05) is 65.7 Å².